The molecule has 0 bridgehead atoms. The van der Waals surface area contributed by atoms with Crippen LogP contribution in [0.5, 0.6) is 0 Å². The van der Waals surface area contributed by atoms with Crippen LogP contribution in [0.1, 0.15) is 26.3 Å². The lowest BCUT2D eigenvalue weighted by Gasteiger charge is -2.36. The fourth-order valence-electron chi connectivity index (χ4n) is 3.71. The van der Waals surface area contributed by atoms with Gasteiger partial charge in [0.15, 0.2) is 5.96 Å². The second kappa shape index (κ2) is 10.3. The highest BCUT2D eigenvalue weighted by molar-refractivity contribution is 8.00. The Morgan fingerprint density at radius 3 is 2.79 bits per heavy atom. The molecule has 1 aromatic heterocycles. The number of guanidine groups is 1. The Bertz CT molecular complexity index is 642. The van der Waals surface area contributed by atoms with Crippen molar-refractivity contribution in [3.63, 3.8) is 0 Å². The zero-order valence-corrected chi connectivity index (χ0v) is 18.7. The molecule has 0 saturated carbocycles. The maximum atomic E-state index is 5.02. The van der Waals surface area contributed by atoms with Gasteiger partial charge in [-0.1, -0.05) is 19.9 Å². The van der Waals surface area contributed by atoms with Gasteiger partial charge in [0.05, 0.1) is 6.54 Å². The Morgan fingerprint density at radius 1 is 1.29 bits per heavy atom. The molecular formula is C21H36N6S. The van der Waals surface area contributed by atoms with Crippen molar-refractivity contribution < 1.29 is 0 Å². The monoisotopic (exact) mass is 404 g/mol. The molecule has 2 saturated heterocycles. The molecule has 2 aliphatic heterocycles. The molecule has 1 aromatic rings. The largest absolute Gasteiger partial charge is 0.357 e. The van der Waals surface area contributed by atoms with Gasteiger partial charge in [-0.15, -0.1) is 0 Å². The molecular weight excluding hydrogens is 368 g/mol. The Hall–Kier alpha value is -1.47. The first-order valence-corrected chi connectivity index (χ1v) is 11.7. The van der Waals surface area contributed by atoms with Crippen LogP contribution in [0.25, 0.3) is 0 Å². The summed E-state index contributed by atoms with van der Waals surface area (Å²) in [6.45, 7) is 14.7. The van der Waals surface area contributed by atoms with Crippen LogP contribution in [0.15, 0.2) is 23.3 Å². The average molecular weight is 405 g/mol. The quantitative estimate of drug-likeness (QED) is 0.601. The number of thioether (sulfide) groups is 1. The maximum Gasteiger partial charge on any atom is 0.194 e. The minimum atomic E-state index is 0.674. The molecule has 156 valence electrons. The number of aromatic nitrogens is 1. The number of likely N-dealkylation sites (N-methyl/N-ethyl adjacent to an activating group) is 1. The lowest BCUT2D eigenvalue weighted by Crippen LogP contribution is -2.49. The highest BCUT2D eigenvalue weighted by Crippen LogP contribution is 2.25. The molecule has 2 aliphatic rings. The number of nitrogens with one attached hydrogen (secondary N) is 1. The van der Waals surface area contributed by atoms with Crippen LogP contribution in [0.2, 0.25) is 0 Å². The van der Waals surface area contributed by atoms with Crippen LogP contribution in [0.4, 0.5) is 5.82 Å². The van der Waals surface area contributed by atoms with E-state index in [1.807, 2.05) is 12.3 Å². The third kappa shape index (κ3) is 5.54. The first kappa shape index (κ1) is 21.2. The van der Waals surface area contributed by atoms with E-state index in [1.165, 1.54) is 11.3 Å². The van der Waals surface area contributed by atoms with E-state index in [9.17, 15) is 0 Å². The van der Waals surface area contributed by atoms with Crippen molar-refractivity contribution in [2.45, 2.75) is 32.6 Å². The van der Waals surface area contributed by atoms with E-state index in [-0.39, 0.29) is 0 Å². The van der Waals surface area contributed by atoms with Crippen LogP contribution in [-0.2, 0) is 6.54 Å². The summed E-state index contributed by atoms with van der Waals surface area (Å²) in [5, 5.41) is 4.19. The van der Waals surface area contributed by atoms with Crippen molar-refractivity contribution in [2.24, 2.45) is 10.9 Å². The molecule has 28 heavy (non-hydrogen) atoms. The number of hydrogen-bond donors (Lipinski definition) is 1. The summed E-state index contributed by atoms with van der Waals surface area (Å²) < 4.78 is 0. The summed E-state index contributed by atoms with van der Waals surface area (Å²) in [5.74, 6) is 4.01. The fourth-order valence-corrected chi connectivity index (χ4v) is 5.01. The molecule has 0 radical (unpaired) electrons. The van der Waals surface area contributed by atoms with Crippen molar-refractivity contribution in [1.82, 2.24) is 20.1 Å². The van der Waals surface area contributed by atoms with Gasteiger partial charge in [-0.25, -0.2) is 9.98 Å². The summed E-state index contributed by atoms with van der Waals surface area (Å²) in [6.07, 6.45) is 1.90. The highest BCUT2D eigenvalue weighted by Gasteiger charge is 2.25. The average Bonchev–Trinajstić information content (AvgIpc) is 2.72. The standard InChI is InChI=1S/C21H36N6S/c1-5-22-21(27-13-14-28-19(16-27)17(2)3)24-15-18-7-6-8-23-20(18)26-11-9-25(4)10-12-26/h6-8,17,19H,5,9-16H2,1-4H3,(H,22,24). The summed E-state index contributed by atoms with van der Waals surface area (Å²) in [6, 6.07) is 4.21. The Kier molecular flexibility index (Phi) is 7.85. The van der Waals surface area contributed by atoms with E-state index in [2.05, 4.69) is 65.7 Å². The SMILES string of the molecule is CCNC(=NCc1cccnc1N1CCN(C)CC1)N1CCSC(C(C)C)C1. The van der Waals surface area contributed by atoms with Gasteiger partial charge in [-0.3, -0.25) is 0 Å². The van der Waals surface area contributed by atoms with Crippen LogP contribution in [0.3, 0.4) is 0 Å². The van der Waals surface area contributed by atoms with E-state index in [0.717, 1.165) is 57.6 Å². The molecule has 1 N–H and O–H groups in total. The van der Waals surface area contributed by atoms with E-state index in [0.29, 0.717) is 17.7 Å². The molecule has 0 amide bonds. The van der Waals surface area contributed by atoms with Gasteiger partial charge in [-0.05, 0) is 26.0 Å². The molecule has 0 spiro atoms. The van der Waals surface area contributed by atoms with Crippen molar-refractivity contribution in [2.75, 3.05) is 63.5 Å². The van der Waals surface area contributed by atoms with E-state index in [4.69, 9.17) is 9.98 Å². The van der Waals surface area contributed by atoms with Gasteiger partial charge < -0.3 is 20.0 Å². The highest BCUT2D eigenvalue weighted by atomic mass is 32.2. The molecule has 7 heteroatoms. The minimum Gasteiger partial charge on any atom is -0.357 e. The Balaban J connectivity index is 1.73. The zero-order chi connectivity index (χ0) is 19.9. The first-order chi connectivity index (χ1) is 13.6. The van der Waals surface area contributed by atoms with Gasteiger partial charge in [0.25, 0.3) is 0 Å². The lowest BCUT2D eigenvalue weighted by molar-refractivity contribution is 0.312. The molecule has 2 fully saturated rings. The Morgan fingerprint density at radius 2 is 2.07 bits per heavy atom. The van der Waals surface area contributed by atoms with Gasteiger partial charge in [0, 0.05) is 68.6 Å². The van der Waals surface area contributed by atoms with Crippen molar-refractivity contribution in [3.8, 4) is 0 Å². The molecule has 3 heterocycles. The van der Waals surface area contributed by atoms with E-state index >= 15 is 0 Å². The number of aliphatic imine (C=N–C) groups is 1. The van der Waals surface area contributed by atoms with Crippen molar-refractivity contribution in [1.29, 1.82) is 0 Å². The summed E-state index contributed by atoms with van der Waals surface area (Å²) in [4.78, 5) is 16.9. The number of anilines is 1. The van der Waals surface area contributed by atoms with Gasteiger partial charge in [-0.2, -0.15) is 11.8 Å². The molecule has 3 rings (SSSR count). The van der Waals surface area contributed by atoms with Crippen LogP contribution >= 0.6 is 11.8 Å². The topological polar surface area (TPSA) is 47.0 Å². The number of rotatable bonds is 5. The summed E-state index contributed by atoms with van der Waals surface area (Å²) in [5.41, 5.74) is 1.22. The van der Waals surface area contributed by atoms with E-state index in [1.54, 1.807) is 0 Å². The van der Waals surface area contributed by atoms with Gasteiger partial charge in [0.1, 0.15) is 5.82 Å². The van der Waals surface area contributed by atoms with Gasteiger partial charge >= 0.3 is 0 Å². The van der Waals surface area contributed by atoms with Crippen LogP contribution in [0, 0.1) is 5.92 Å². The molecule has 6 nitrogen and oxygen atoms in total. The number of piperazine rings is 1. The number of hydrogen-bond acceptors (Lipinski definition) is 5. The molecule has 1 atom stereocenters. The third-order valence-corrected chi connectivity index (χ3v) is 7.08. The van der Waals surface area contributed by atoms with Crippen molar-refractivity contribution in [3.05, 3.63) is 23.9 Å². The van der Waals surface area contributed by atoms with Crippen LogP contribution in [-0.4, -0.2) is 84.6 Å². The second-order valence-electron chi connectivity index (χ2n) is 8.05. The number of pyridine rings is 1. The second-order valence-corrected chi connectivity index (χ2v) is 9.39. The molecule has 0 aliphatic carbocycles. The van der Waals surface area contributed by atoms with Gasteiger partial charge in [0.2, 0.25) is 0 Å². The van der Waals surface area contributed by atoms with Crippen molar-refractivity contribution >= 4 is 23.5 Å². The predicted octanol–water partition coefficient (Wildman–Crippen LogP) is 2.37. The summed E-state index contributed by atoms with van der Waals surface area (Å²) >= 11 is 2.10. The lowest BCUT2D eigenvalue weighted by atomic mass is 10.1. The predicted molar refractivity (Wildman–Crippen MR) is 121 cm³/mol. The molecule has 1 unspecified atom stereocenters. The normalized spacial score (nSPS) is 22.0. The Labute approximate surface area is 174 Å². The fraction of sp³-hybridized carbons (Fsp3) is 0.714. The smallest absolute Gasteiger partial charge is 0.194 e. The number of nitrogens with zero attached hydrogens (tertiary/aromatic N) is 5. The minimum absolute atomic E-state index is 0.674. The third-order valence-electron chi connectivity index (χ3n) is 5.54. The maximum absolute atomic E-state index is 5.02. The molecule has 0 aromatic carbocycles. The van der Waals surface area contributed by atoms with E-state index < -0.39 is 0 Å². The van der Waals surface area contributed by atoms with Crippen LogP contribution < -0.4 is 10.2 Å². The zero-order valence-electron chi connectivity index (χ0n) is 17.9. The summed E-state index contributed by atoms with van der Waals surface area (Å²) in [7, 11) is 2.19. The first-order valence-electron chi connectivity index (χ1n) is 10.6.